The molecule has 0 spiro atoms. The molecular weight excluding hydrogens is 242 g/mol. The number of benzene rings is 1. The van der Waals surface area contributed by atoms with E-state index < -0.39 is 5.97 Å². The highest BCUT2D eigenvalue weighted by Crippen LogP contribution is 2.26. The summed E-state index contributed by atoms with van der Waals surface area (Å²) in [7, 11) is 0. The van der Waals surface area contributed by atoms with Crippen LogP contribution in [0.3, 0.4) is 0 Å². The molecule has 0 saturated heterocycles. The quantitative estimate of drug-likeness (QED) is 0.695. The van der Waals surface area contributed by atoms with E-state index in [2.05, 4.69) is 4.90 Å². The van der Waals surface area contributed by atoms with Gasteiger partial charge in [-0.05, 0) is 31.4 Å². The molecule has 0 aliphatic heterocycles. The highest BCUT2D eigenvalue weighted by Gasteiger charge is 2.28. The summed E-state index contributed by atoms with van der Waals surface area (Å²) in [6, 6.07) is 10.4. The van der Waals surface area contributed by atoms with Crippen molar-refractivity contribution in [2.45, 2.75) is 31.7 Å². The van der Waals surface area contributed by atoms with Crippen molar-refractivity contribution in [1.82, 2.24) is 4.90 Å². The van der Waals surface area contributed by atoms with E-state index in [1.807, 2.05) is 30.3 Å². The number of nitrogens with zero attached hydrogens (tertiary/aromatic N) is 1. The third-order valence-electron chi connectivity index (χ3n) is 3.28. The first kappa shape index (κ1) is 13.9. The first-order valence-corrected chi connectivity index (χ1v) is 6.89. The molecule has 1 fully saturated rings. The second-order valence-electron chi connectivity index (χ2n) is 4.93. The molecule has 1 aromatic carbocycles. The summed E-state index contributed by atoms with van der Waals surface area (Å²) in [5.41, 5.74) is 0. The topological polar surface area (TPSA) is 49.8 Å². The smallest absolute Gasteiger partial charge is 0.304 e. The highest BCUT2D eigenvalue weighted by molar-refractivity contribution is 5.66. The maximum Gasteiger partial charge on any atom is 0.304 e. The van der Waals surface area contributed by atoms with E-state index in [0.717, 1.165) is 18.7 Å². The molecule has 0 radical (unpaired) electrons. The van der Waals surface area contributed by atoms with Crippen LogP contribution in [0.4, 0.5) is 0 Å². The average molecular weight is 263 g/mol. The van der Waals surface area contributed by atoms with Gasteiger partial charge in [-0.2, -0.15) is 0 Å². The van der Waals surface area contributed by atoms with Gasteiger partial charge >= 0.3 is 5.97 Å². The van der Waals surface area contributed by atoms with E-state index in [-0.39, 0.29) is 6.42 Å². The minimum Gasteiger partial charge on any atom is -0.494 e. The fourth-order valence-electron chi connectivity index (χ4n) is 2.13. The highest BCUT2D eigenvalue weighted by atomic mass is 16.5. The van der Waals surface area contributed by atoms with Crippen LogP contribution in [-0.4, -0.2) is 41.7 Å². The zero-order valence-corrected chi connectivity index (χ0v) is 11.1. The van der Waals surface area contributed by atoms with Crippen LogP contribution in [-0.2, 0) is 4.79 Å². The predicted molar refractivity (Wildman–Crippen MR) is 73.4 cm³/mol. The van der Waals surface area contributed by atoms with Crippen LogP contribution < -0.4 is 4.74 Å². The molecule has 1 aromatic rings. The third-order valence-corrected chi connectivity index (χ3v) is 3.28. The van der Waals surface area contributed by atoms with Crippen LogP contribution in [0.15, 0.2) is 30.3 Å². The van der Waals surface area contributed by atoms with Crippen LogP contribution in [0, 0.1) is 0 Å². The normalized spacial score (nSPS) is 14.6. The largest absolute Gasteiger partial charge is 0.494 e. The number of ether oxygens (including phenoxy) is 1. The molecule has 0 unspecified atom stereocenters. The van der Waals surface area contributed by atoms with Crippen molar-refractivity contribution >= 4 is 5.97 Å². The molecule has 0 bridgehead atoms. The number of rotatable bonds is 9. The van der Waals surface area contributed by atoms with Crippen LogP contribution >= 0.6 is 0 Å². The van der Waals surface area contributed by atoms with Gasteiger partial charge in [0.05, 0.1) is 13.0 Å². The number of carbonyl (C=O) groups is 1. The fourth-order valence-corrected chi connectivity index (χ4v) is 2.13. The molecule has 1 saturated carbocycles. The maximum atomic E-state index is 10.6. The Morgan fingerprint density at radius 2 is 2.00 bits per heavy atom. The monoisotopic (exact) mass is 263 g/mol. The van der Waals surface area contributed by atoms with E-state index in [0.29, 0.717) is 19.2 Å². The van der Waals surface area contributed by atoms with E-state index in [1.165, 1.54) is 12.8 Å². The molecule has 4 heteroatoms. The Morgan fingerprint density at radius 1 is 1.26 bits per heavy atom. The molecule has 4 nitrogen and oxygen atoms in total. The van der Waals surface area contributed by atoms with E-state index >= 15 is 0 Å². The Morgan fingerprint density at radius 3 is 2.63 bits per heavy atom. The summed E-state index contributed by atoms with van der Waals surface area (Å²) in [6.07, 6.45) is 3.58. The fraction of sp³-hybridized carbons (Fsp3) is 0.533. The SMILES string of the molecule is O=C(O)CCN(CCCOc1ccccc1)C1CC1. The molecule has 2 rings (SSSR count). The van der Waals surface area contributed by atoms with Gasteiger partial charge in [-0.15, -0.1) is 0 Å². The standard InChI is InChI=1S/C15H21NO3/c17-15(18)9-11-16(13-7-8-13)10-4-12-19-14-5-2-1-3-6-14/h1-3,5-6,13H,4,7-12H2,(H,17,18). The lowest BCUT2D eigenvalue weighted by Gasteiger charge is -2.20. The summed E-state index contributed by atoms with van der Waals surface area (Å²) in [6.45, 7) is 2.26. The average Bonchev–Trinajstić information content (AvgIpc) is 3.23. The van der Waals surface area contributed by atoms with Crippen molar-refractivity contribution in [2.24, 2.45) is 0 Å². The minimum atomic E-state index is -0.716. The zero-order chi connectivity index (χ0) is 13.5. The van der Waals surface area contributed by atoms with Gasteiger partial charge in [-0.3, -0.25) is 9.69 Å². The summed E-state index contributed by atoms with van der Waals surface area (Å²) in [5.74, 6) is 0.178. The second kappa shape index (κ2) is 7.14. The van der Waals surface area contributed by atoms with Crippen LogP contribution in [0.25, 0.3) is 0 Å². The van der Waals surface area contributed by atoms with Gasteiger partial charge in [0.1, 0.15) is 5.75 Å². The summed E-state index contributed by atoms with van der Waals surface area (Å²) in [5, 5.41) is 8.73. The molecule has 0 heterocycles. The van der Waals surface area contributed by atoms with Crippen LogP contribution in [0.2, 0.25) is 0 Å². The molecule has 1 aliphatic carbocycles. The lowest BCUT2D eigenvalue weighted by molar-refractivity contribution is -0.137. The van der Waals surface area contributed by atoms with Crippen molar-refractivity contribution in [2.75, 3.05) is 19.7 Å². The van der Waals surface area contributed by atoms with E-state index in [1.54, 1.807) is 0 Å². The van der Waals surface area contributed by atoms with E-state index in [4.69, 9.17) is 9.84 Å². The molecule has 0 amide bonds. The first-order valence-electron chi connectivity index (χ1n) is 6.89. The van der Waals surface area contributed by atoms with Crippen molar-refractivity contribution in [3.05, 3.63) is 30.3 Å². The predicted octanol–water partition coefficient (Wildman–Crippen LogP) is 2.39. The van der Waals surface area contributed by atoms with Crippen molar-refractivity contribution in [3.8, 4) is 5.75 Å². The maximum absolute atomic E-state index is 10.6. The van der Waals surface area contributed by atoms with Gasteiger partial charge in [0.25, 0.3) is 0 Å². The summed E-state index contributed by atoms with van der Waals surface area (Å²) in [4.78, 5) is 12.9. The summed E-state index contributed by atoms with van der Waals surface area (Å²) >= 11 is 0. The zero-order valence-electron chi connectivity index (χ0n) is 11.1. The Hall–Kier alpha value is -1.55. The Balaban J connectivity index is 1.63. The Kier molecular flexibility index (Phi) is 5.21. The van der Waals surface area contributed by atoms with Crippen molar-refractivity contribution in [3.63, 3.8) is 0 Å². The van der Waals surface area contributed by atoms with Gasteiger partial charge in [-0.1, -0.05) is 18.2 Å². The molecule has 0 aromatic heterocycles. The molecule has 1 N–H and O–H groups in total. The van der Waals surface area contributed by atoms with Gasteiger partial charge in [0.15, 0.2) is 0 Å². The van der Waals surface area contributed by atoms with Crippen LogP contribution in [0.5, 0.6) is 5.75 Å². The van der Waals surface area contributed by atoms with Crippen LogP contribution in [0.1, 0.15) is 25.7 Å². The van der Waals surface area contributed by atoms with E-state index in [9.17, 15) is 4.79 Å². The number of carboxylic acids is 1. The molecule has 1 aliphatic rings. The number of hydrogen-bond acceptors (Lipinski definition) is 3. The Labute approximate surface area is 114 Å². The minimum absolute atomic E-state index is 0.232. The molecular formula is C15H21NO3. The molecule has 19 heavy (non-hydrogen) atoms. The molecule has 0 atom stereocenters. The number of aliphatic carboxylic acids is 1. The third kappa shape index (κ3) is 5.30. The lowest BCUT2D eigenvalue weighted by atomic mass is 10.3. The van der Waals surface area contributed by atoms with Crippen molar-refractivity contribution in [1.29, 1.82) is 0 Å². The Bertz CT molecular complexity index is 390. The van der Waals surface area contributed by atoms with Gasteiger partial charge in [0.2, 0.25) is 0 Å². The first-order chi connectivity index (χ1) is 9.25. The second-order valence-corrected chi connectivity index (χ2v) is 4.93. The lowest BCUT2D eigenvalue weighted by Crippen LogP contribution is -2.30. The van der Waals surface area contributed by atoms with Gasteiger partial charge in [-0.25, -0.2) is 0 Å². The van der Waals surface area contributed by atoms with Gasteiger partial charge in [0, 0.05) is 19.1 Å². The molecule has 104 valence electrons. The van der Waals surface area contributed by atoms with Gasteiger partial charge < -0.3 is 9.84 Å². The number of para-hydroxylation sites is 1. The summed E-state index contributed by atoms with van der Waals surface area (Å²) < 4.78 is 5.64. The van der Waals surface area contributed by atoms with Crippen molar-refractivity contribution < 1.29 is 14.6 Å². The number of carboxylic acid groups (broad SMARTS) is 1. The number of hydrogen-bond donors (Lipinski definition) is 1.